The molecule has 0 saturated carbocycles. The Hall–Kier alpha value is -3.17. The SMILES string of the molecule is CCC/C(=C\c1ccccc1O)CC[C@H]1OB(O)C[C@H]2C1=C(C)C[C@H]1C(=O)N(c3cccc(B(O)O)c3)C(=O)[C@H]12. The third kappa shape index (κ3) is 5.41. The van der Waals surface area contributed by atoms with Crippen molar-refractivity contribution >= 4 is 43.3 Å². The molecule has 5 rings (SSSR count). The number of anilines is 1. The van der Waals surface area contributed by atoms with Gasteiger partial charge in [-0.15, -0.1) is 0 Å². The first-order valence-corrected chi connectivity index (χ1v) is 14.0. The molecule has 0 spiro atoms. The lowest BCUT2D eigenvalue weighted by atomic mass is 9.58. The van der Waals surface area contributed by atoms with E-state index in [1.165, 1.54) is 22.6 Å². The van der Waals surface area contributed by atoms with E-state index in [1.54, 1.807) is 24.3 Å². The molecule has 0 radical (unpaired) electrons. The maximum absolute atomic E-state index is 13.8. The van der Waals surface area contributed by atoms with Crippen LogP contribution in [-0.2, 0) is 14.2 Å². The molecule has 0 unspecified atom stereocenters. The van der Waals surface area contributed by atoms with E-state index >= 15 is 0 Å². The quantitative estimate of drug-likeness (QED) is 0.229. The predicted octanol–water partition coefficient (Wildman–Crippen LogP) is 3.06. The van der Waals surface area contributed by atoms with Crippen LogP contribution in [0.1, 0.15) is 51.5 Å². The van der Waals surface area contributed by atoms with Gasteiger partial charge in [-0.25, -0.2) is 0 Å². The summed E-state index contributed by atoms with van der Waals surface area (Å²) in [5.74, 6) is -1.86. The zero-order valence-electron chi connectivity index (χ0n) is 22.9. The number of phenols is 1. The van der Waals surface area contributed by atoms with Crippen molar-refractivity contribution in [1.29, 1.82) is 0 Å². The van der Waals surface area contributed by atoms with E-state index in [-0.39, 0.29) is 41.4 Å². The summed E-state index contributed by atoms with van der Waals surface area (Å²) in [5.41, 5.74) is 4.47. The summed E-state index contributed by atoms with van der Waals surface area (Å²) in [5, 5.41) is 40.2. The highest BCUT2D eigenvalue weighted by Crippen LogP contribution is 2.51. The average molecular weight is 543 g/mol. The number of aromatic hydroxyl groups is 1. The number of hydrogen-bond donors (Lipinski definition) is 4. The number of amides is 2. The molecule has 2 heterocycles. The van der Waals surface area contributed by atoms with Crippen LogP contribution in [0.25, 0.3) is 6.08 Å². The average Bonchev–Trinajstić information content (AvgIpc) is 3.17. The van der Waals surface area contributed by atoms with E-state index in [9.17, 15) is 29.8 Å². The van der Waals surface area contributed by atoms with Gasteiger partial charge in [-0.3, -0.25) is 14.5 Å². The number of phenolic OH excluding ortho intramolecular Hbond substituents is 1. The molecule has 0 bridgehead atoms. The Morgan fingerprint density at radius 2 is 1.88 bits per heavy atom. The van der Waals surface area contributed by atoms with E-state index in [1.807, 2.05) is 25.1 Å². The summed E-state index contributed by atoms with van der Waals surface area (Å²) >= 11 is 0. The highest BCUT2D eigenvalue weighted by atomic mass is 16.5. The monoisotopic (exact) mass is 543 g/mol. The summed E-state index contributed by atoms with van der Waals surface area (Å²) in [6.07, 6.45) is 5.42. The number of carbonyl (C=O) groups is 2. The van der Waals surface area contributed by atoms with Gasteiger partial charge in [0, 0.05) is 5.56 Å². The first kappa shape index (κ1) is 28.4. The van der Waals surface area contributed by atoms with Crippen LogP contribution in [-0.4, -0.2) is 52.3 Å². The van der Waals surface area contributed by atoms with Crippen LogP contribution in [0.4, 0.5) is 5.69 Å². The van der Waals surface area contributed by atoms with Crippen LogP contribution in [0.15, 0.2) is 65.3 Å². The lowest BCUT2D eigenvalue weighted by molar-refractivity contribution is -0.122. The number of benzene rings is 2. The van der Waals surface area contributed by atoms with Crippen LogP contribution in [0, 0.1) is 17.8 Å². The van der Waals surface area contributed by atoms with Gasteiger partial charge in [0.2, 0.25) is 11.8 Å². The lowest BCUT2D eigenvalue weighted by Crippen LogP contribution is -2.46. The van der Waals surface area contributed by atoms with Crippen LogP contribution >= 0.6 is 0 Å². The molecule has 2 saturated heterocycles. The van der Waals surface area contributed by atoms with E-state index in [0.717, 1.165) is 29.6 Å². The Morgan fingerprint density at radius 3 is 2.60 bits per heavy atom. The van der Waals surface area contributed by atoms with Crippen molar-refractivity contribution < 1.29 is 34.4 Å². The number of para-hydroxylation sites is 1. The van der Waals surface area contributed by atoms with Crippen molar-refractivity contribution in [3.8, 4) is 5.75 Å². The fourth-order valence-electron chi connectivity index (χ4n) is 6.74. The molecular weight excluding hydrogens is 508 g/mol. The Kier molecular flexibility index (Phi) is 8.33. The second kappa shape index (κ2) is 11.7. The highest BCUT2D eigenvalue weighted by Gasteiger charge is 2.57. The highest BCUT2D eigenvalue weighted by molar-refractivity contribution is 6.58. The predicted molar refractivity (Wildman–Crippen MR) is 154 cm³/mol. The minimum absolute atomic E-state index is 0.198. The molecule has 1 aliphatic carbocycles. The Morgan fingerprint density at radius 1 is 1.10 bits per heavy atom. The van der Waals surface area contributed by atoms with Crippen molar-refractivity contribution in [3.05, 3.63) is 70.8 Å². The number of allylic oxidation sites excluding steroid dienone is 2. The Labute approximate surface area is 235 Å². The van der Waals surface area contributed by atoms with E-state index in [0.29, 0.717) is 24.9 Å². The standard InChI is InChI=1S/C30H35B2NO7/c1-3-7-19(15-20-8-4-5-11-25(20)34)12-13-26-27-18(2)14-23-28(24(27)17-31(37)40-26)30(36)33(29(23)35)22-10-6-9-21(16-22)32(38)39/h4-6,8-11,15-16,23-24,26,28,34,37-39H,3,7,12-14,17H2,1-2H3/b19-15+/t23-,24+,26-,28-/m1/s1. The second-order valence-electron chi connectivity index (χ2n) is 11.1. The molecule has 2 fully saturated rings. The second-order valence-corrected chi connectivity index (χ2v) is 11.1. The maximum atomic E-state index is 13.8. The van der Waals surface area contributed by atoms with Crippen LogP contribution in [0.5, 0.6) is 5.75 Å². The summed E-state index contributed by atoms with van der Waals surface area (Å²) in [4.78, 5) is 28.5. The van der Waals surface area contributed by atoms with Gasteiger partial charge in [-0.2, -0.15) is 0 Å². The number of rotatable bonds is 8. The molecule has 0 aromatic heterocycles. The number of carbonyl (C=O) groups excluding carboxylic acids is 2. The van der Waals surface area contributed by atoms with Gasteiger partial charge in [-0.05, 0) is 74.1 Å². The van der Waals surface area contributed by atoms with E-state index in [2.05, 4.69) is 6.92 Å². The third-order valence-electron chi connectivity index (χ3n) is 8.47. The molecule has 2 amide bonds. The molecule has 2 aromatic carbocycles. The largest absolute Gasteiger partial charge is 0.507 e. The molecule has 8 nitrogen and oxygen atoms in total. The molecule has 4 N–H and O–H groups in total. The van der Waals surface area contributed by atoms with Crippen molar-refractivity contribution in [2.75, 3.05) is 4.90 Å². The lowest BCUT2D eigenvalue weighted by Gasteiger charge is -2.42. The minimum atomic E-state index is -1.71. The van der Waals surface area contributed by atoms with Crippen molar-refractivity contribution in [1.82, 2.24) is 0 Å². The summed E-state index contributed by atoms with van der Waals surface area (Å²) in [6.45, 7) is 4.09. The summed E-state index contributed by atoms with van der Waals surface area (Å²) in [6, 6.07) is 13.4. The van der Waals surface area contributed by atoms with Crippen LogP contribution in [0.2, 0.25) is 6.32 Å². The molecule has 3 aliphatic rings. The molecular formula is C30H35B2NO7. The smallest absolute Gasteiger partial charge is 0.488 e. The maximum Gasteiger partial charge on any atom is 0.488 e. The third-order valence-corrected chi connectivity index (χ3v) is 8.47. The van der Waals surface area contributed by atoms with Gasteiger partial charge < -0.3 is 24.8 Å². The zero-order chi connectivity index (χ0) is 28.6. The van der Waals surface area contributed by atoms with Crippen LogP contribution < -0.4 is 10.4 Å². The first-order chi connectivity index (χ1) is 19.2. The number of nitrogens with zero attached hydrogens (tertiary/aromatic N) is 1. The summed E-state index contributed by atoms with van der Waals surface area (Å²) in [7, 11) is -2.76. The van der Waals surface area contributed by atoms with Gasteiger partial charge in [0.25, 0.3) is 0 Å². The van der Waals surface area contributed by atoms with Gasteiger partial charge in [0.1, 0.15) is 5.75 Å². The fraction of sp³-hybridized carbons (Fsp3) is 0.400. The molecule has 40 heavy (non-hydrogen) atoms. The molecule has 2 aromatic rings. The summed E-state index contributed by atoms with van der Waals surface area (Å²) < 4.78 is 6.05. The van der Waals surface area contributed by atoms with Crippen molar-refractivity contribution in [3.63, 3.8) is 0 Å². The molecule has 208 valence electrons. The number of imide groups is 1. The van der Waals surface area contributed by atoms with E-state index < -0.39 is 26.1 Å². The van der Waals surface area contributed by atoms with Gasteiger partial charge in [0.05, 0.1) is 23.6 Å². The Balaban J connectivity index is 1.40. The Bertz CT molecular complexity index is 1360. The fourth-order valence-corrected chi connectivity index (χ4v) is 6.74. The van der Waals surface area contributed by atoms with Crippen molar-refractivity contribution in [2.24, 2.45) is 17.8 Å². The molecule has 4 atom stereocenters. The van der Waals surface area contributed by atoms with Gasteiger partial charge in [-0.1, -0.05) is 60.9 Å². The van der Waals surface area contributed by atoms with Crippen molar-refractivity contribution in [2.45, 2.75) is 58.4 Å². The minimum Gasteiger partial charge on any atom is -0.507 e. The topological polar surface area (TPSA) is 128 Å². The van der Waals surface area contributed by atoms with Gasteiger partial charge in [0.15, 0.2) is 0 Å². The van der Waals surface area contributed by atoms with Gasteiger partial charge >= 0.3 is 14.2 Å². The van der Waals surface area contributed by atoms with E-state index in [4.69, 9.17) is 4.65 Å². The van der Waals surface area contributed by atoms with Crippen LogP contribution in [0.3, 0.4) is 0 Å². The number of fused-ring (bicyclic) bond motifs is 3. The molecule has 2 aliphatic heterocycles. The zero-order valence-corrected chi connectivity index (χ0v) is 22.9. The first-order valence-electron chi connectivity index (χ1n) is 14.0. The molecule has 10 heteroatoms. The number of hydrogen-bond acceptors (Lipinski definition) is 7. The normalized spacial score (nSPS) is 24.9.